The fourth-order valence-corrected chi connectivity index (χ4v) is 1.96. The van der Waals surface area contributed by atoms with E-state index in [9.17, 15) is 4.79 Å². The highest BCUT2D eigenvalue weighted by atomic mass is 16.5. The Bertz CT molecular complexity index is 574. The first-order valence-electron chi connectivity index (χ1n) is 6.06. The van der Waals surface area contributed by atoms with Crippen LogP contribution in [0.3, 0.4) is 0 Å². The maximum absolute atomic E-state index is 10.9. The maximum Gasteiger partial charge on any atom is 0.150 e. The molecule has 0 aliphatic rings. The Morgan fingerprint density at radius 2 is 1.74 bits per heavy atom. The fourth-order valence-electron chi connectivity index (χ4n) is 1.96. The average Bonchev–Trinajstić information content (AvgIpc) is 2.46. The van der Waals surface area contributed by atoms with Gasteiger partial charge in [0.05, 0.1) is 7.11 Å². The number of rotatable bonds is 4. The first-order valence-corrected chi connectivity index (χ1v) is 6.06. The largest absolute Gasteiger partial charge is 0.496 e. The van der Waals surface area contributed by atoms with Crippen molar-refractivity contribution in [1.29, 1.82) is 0 Å². The van der Waals surface area contributed by atoms with Crippen molar-refractivity contribution in [2.24, 2.45) is 0 Å². The second kappa shape index (κ2) is 5.57. The highest BCUT2D eigenvalue weighted by Crippen LogP contribution is 2.31. The van der Waals surface area contributed by atoms with E-state index in [0.29, 0.717) is 5.56 Å². The molecule has 0 aliphatic carbocycles. The van der Waals surface area contributed by atoms with Gasteiger partial charge in [0.15, 0.2) is 0 Å². The van der Waals surface area contributed by atoms with Crippen LogP contribution in [-0.2, 0) is 0 Å². The van der Waals surface area contributed by atoms with Crippen LogP contribution in [0, 0.1) is 0 Å². The summed E-state index contributed by atoms with van der Waals surface area (Å²) in [4.78, 5) is 12.9. The molecular weight excluding hydrogens is 238 g/mol. The van der Waals surface area contributed by atoms with Crippen molar-refractivity contribution in [1.82, 2.24) is 0 Å². The zero-order chi connectivity index (χ0) is 13.8. The molecule has 0 spiro atoms. The molecule has 0 heterocycles. The molecule has 0 N–H and O–H groups in total. The van der Waals surface area contributed by atoms with Gasteiger partial charge in [-0.25, -0.2) is 0 Å². The van der Waals surface area contributed by atoms with Gasteiger partial charge in [-0.2, -0.15) is 0 Å². The molecule has 2 rings (SSSR count). The summed E-state index contributed by atoms with van der Waals surface area (Å²) in [6, 6.07) is 13.6. The number of nitrogens with zero attached hydrogens (tertiary/aromatic N) is 1. The summed E-state index contributed by atoms with van der Waals surface area (Å²) >= 11 is 0. The number of methoxy groups -OCH3 is 1. The number of hydrogen-bond donors (Lipinski definition) is 0. The lowest BCUT2D eigenvalue weighted by atomic mass is 10.0. The van der Waals surface area contributed by atoms with Crippen LogP contribution in [0.1, 0.15) is 10.4 Å². The normalized spacial score (nSPS) is 10.1. The van der Waals surface area contributed by atoms with Crippen molar-refractivity contribution >= 4 is 12.0 Å². The van der Waals surface area contributed by atoms with Crippen LogP contribution in [0.25, 0.3) is 11.1 Å². The van der Waals surface area contributed by atoms with Gasteiger partial charge in [0, 0.05) is 30.9 Å². The molecule has 0 saturated heterocycles. The van der Waals surface area contributed by atoms with Crippen molar-refractivity contribution < 1.29 is 9.53 Å². The van der Waals surface area contributed by atoms with E-state index in [4.69, 9.17) is 4.74 Å². The fraction of sp³-hybridized carbons (Fsp3) is 0.188. The average molecular weight is 255 g/mol. The van der Waals surface area contributed by atoms with Crippen LogP contribution in [0.4, 0.5) is 5.69 Å². The summed E-state index contributed by atoms with van der Waals surface area (Å²) < 4.78 is 5.35. The Balaban J connectivity index is 2.47. The van der Waals surface area contributed by atoms with Crippen molar-refractivity contribution in [3.63, 3.8) is 0 Å². The van der Waals surface area contributed by atoms with E-state index in [1.807, 2.05) is 55.4 Å². The third kappa shape index (κ3) is 2.76. The molecule has 0 unspecified atom stereocenters. The molecule has 0 aliphatic heterocycles. The molecule has 2 aromatic carbocycles. The number of ether oxygens (including phenoxy) is 1. The smallest absolute Gasteiger partial charge is 0.150 e. The topological polar surface area (TPSA) is 29.5 Å². The zero-order valence-electron chi connectivity index (χ0n) is 11.4. The Morgan fingerprint density at radius 1 is 1.05 bits per heavy atom. The Labute approximate surface area is 113 Å². The second-order valence-electron chi connectivity index (χ2n) is 4.52. The zero-order valence-corrected chi connectivity index (χ0v) is 11.4. The van der Waals surface area contributed by atoms with E-state index in [1.54, 1.807) is 13.2 Å². The van der Waals surface area contributed by atoms with E-state index < -0.39 is 0 Å². The van der Waals surface area contributed by atoms with E-state index in [0.717, 1.165) is 28.8 Å². The van der Waals surface area contributed by atoms with E-state index in [2.05, 4.69) is 0 Å². The molecule has 0 bridgehead atoms. The number of anilines is 1. The van der Waals surface area contributed by atoms with Gasteiger partial charge in [0.2, 0.25) is 0 Å². The summed E-state index contributed by atoms with van der Waals surface area (Å²) in [7, 11) is 5.64. The van der Waals surface area contributed by atoms with Crippen LogP contribution in [-0.4, -0.2) is 27.5 Å². The molecule has 0 radical (unpaired) electrons. The van der Waals surface area contributed by atoms with Crippen molar-refractivity contribution in [2.45, 2.75) is 0 Å². The third-order valence-corrected chi connectivity index (χ3v) is 3.05. The minimum Gasteiger partial charge on any atom is -0.496 e. The van der Waals surface area contributed by atoms with Gasteiger partial charge in [0.25, 0.3) is 0 Å². The third-order valence-electron chi connectivity index (χ3n) is 3.05. The van der Waals surface area contributed by atoms with Crippen molar-refractivity contribution in [2.75, 3.05) is 26.1 Å². The van der Waals surface area contributed by atoms with Gasteiger partial charge in [0.1, 0.15) is 12.0 Å². The predicted octanol–water partition coefficient (Wildman–Crippen LogP) is 3.24. The summed E-state index contributed by atoms with van der Waals surface area (Å²) in [5.74, 6) is 0.767. The van der Waals surface area contributed by atoms with Crippen LogP contribution in [0.5, 0.6) is 5.75 Å². The predicted molar refractivity (Wildman–Crippen MR) is 78.1 cm³/mol. The first-order chi connectivity index (χ1) is 9.15. The van der Waals surface area contributed by atoms with E-state index in [1.165, 1.54) is 0 Å². The number of carbonyl (C=O) groups is 1. The number of benzene rings is 2. The van der Waals surface area contributed by atoms with Gasteiger partial charge in [-0.15, -0.1) is 0 Å². The summed E-state index contributed by atoms with van der Waals surface area (Å²) in [5, 5.41) is 0. The minimum atomic E-state index is 0.646. The highest BCUT2D eigenvalue weighted by Gasteiger charge is 2.07. The second-order valence-corrected chi connectivity index (χ2v) is 4.52. The Morgan fingerprint density at radius 3 is 2.26 bits per heavy atom. The van der Waals surface area contributed by atoms with Gasteiger partial charge >= 0.3 is 0 Å². The van der Waals surface area contributed by atoms with Gasteiger partial charge < -0.3 is 9.64 Å². The van der Waals surface area contributed by atoms with Crippen molar-refractivity contribution in [3.05, 3.63) is 48.0 Å². The van der Waals surface area contributed by atoms with Gasteiger partial charge in [-0.3, -0.25) is 4.79 Å². The number of aldehydes is 1. The quantitative estimate of drug-likeness (QED) is 0.785. The van der Waals surface area contributed by atoms with Gasteiger partial charge in [-0.05, 0) is 35.9 Å². The summed E-state index contributed by atoms with van der Waals surface area (Å²) in [6.07, 6.45) is 0.844. The minimum absolute atomic E-state index is 0.646. The molecule has 98 valence electrons. The molecule has 0 aromatic heterocycles. The summed E-state index contributed by atoms with van der Waals surface area (Å²) in [5.41, 5.74) is 3.74. The molecule has 0 saturated carbocycles. The van der Waals surface area contributed by atoms with E-state index in [-0.39, 0.29) is 0 Å². The highest BCUT2D eigenvalue weighted by molar-refractivity contribution is 5.82. The maximum atomic E-state index is 10.9. The lowest BCUT2D eigenvalue weighted by Gasteiger charge is -2.14. The molecule has 2 aromatic rings. The summed E-state index contributed by atoms with van der Waals surface area (Å²) in [6.45, 7) is 0. The molecule has 0 fully saturated rings. The monoisotopic (exact) mass is 255 g/mol. The number of hydrogen-bond acceptors (Lipinski definition) is 3. The Kier molecular flexibility index (Phi) is 3.85. The molecule has 3 heteroatoms. The molecule has 3 nitrogen and oxygen atoms in total. The SMILES string of the molecule is COc1ccc(C=O)cc1-c1ccc(N(C)C)cc1. The molecule has 0 amide bonds. The van der Waals surface area contributed by atoms with Crippen LogP contribution >= 0.6 is 0 Å². The lowest BCUT2D eigenvalue weighted by molar-refractivity contribution is 0.112. The van der Waals surface area contributed by atoms with Crippen LogP contribution < -0.4 is 9.64 Å². The van der Waals surface area contributed by atoms with Crippen LogP contribution in [0.15, 0.2) is 42.5 Å². The van der Waals surface area contributed by atoms with Crippen molar-refractivity contribution in [3.8, 4) is 16.9 Å². The molecular formula is C16H17NO2. The molecule has 19 heavy (non-hydrogen) atoms. The Hall–Kier alpha value is -2.29. The van der Waals surface area contributed by atoms with E-state index >= 15 is 0 Å². The number of carbonyl (C=O) groups excluding carboxylic acids is 1. The first kappa shape index (κ1) is 13.1. The van der Waals surface area contributed by atoms with Crippen LogP contribution in [0.2, 0.25) is 0 Å². The van der Waals surface area contributed by atoms with Gasteiger partial charge in [-0.1, -0.05) is 12.1 Å². The molecule has 0 atom stereocenters. The standard InChI is InChI=1S/C16H17NO2/c1-17(2)14-7-5-13(6-8-14)15-10-12(11-18)4-9-16(15)19-3/h4-11H,1-3H3. The lowest BCUT2D eigenvalue weighted by Crippen LogP contribution is -2.07.